The molecule has 2 aromatic carbocycles. The molecule has 1 N–H and O–H groups in total. The second-order valence-corrected chi connectivity index (χ2v) is 6.99. The minimum Gasteiger partial charge on any atom is -0.353 e. The van der Waals surface area contributed by atoms with Gasteiger partial charge in [0.1, 0.15) is 5.82 Å². The normalized spacial score (nSPS) is 11.1. The van der Waals surface area contributed by atoms with E-state index in [-0.39, 0.29) is 23.3 Å². The van der Waals surface area contributed by atoms with Gasteiger partial charge < -0.3 is 5.32 Å². The molecule has 1 amide bonds. The van der Waals surface area contributed by atoms with E-state index >= 15 is 0 Å². The van der Waals surface area contributed by atoms with Crippen LogP contribution in [-0.4, -0.2) is 27.3 Å². The molecule has 0 atom stereocenters. The van der Waals surface area contributed by atoms with E-state index in [4.69, 9.17) is 0 Å². The quantitative estimate of drug-likeness (QED) is 0.553. The Morgan fingerprint density at radius 2 is 2.00 bits per heavy atom. The van der Waals surface area contributed by atoms with E-state index in [0.29, 0.717) is 21.7 Å². The molecule has 3 rings (SSSR count). The van der Waals surface area contributed by atoms with Gasteiger partial charge in [-0.2, -0.15) is 0 Å². The molecular weight excluding hydrogens is 353 g/mol. The van der Waals surface area contributed by atoms with Gasteiger partial charge in [0.15, 0.2) is 5.16 Å². The molecule has 0 aliphatic heterocycles. The first-order chi connectivity index (χ1) is 12.5. The van der Waals surface area contributed by atoms with Gasteiger partial charge in [-0.05, 0) is 44.2 Å². The Morgan fingerprint density at radius 1 is 1.23 bits per heavy atom. The lowest BCUT2D eigenvalue weighted by Gasteiger charge is -2.14. The zero-order valence-electron chi connectivity index (χ0n) is 14.4. The zero-order valence-corrected chi connectivity index (χ0v) is 15.2. The predicted octanol–water partition coefficient (Wildman–Crippen LogP) is 3.14. The number of aromatic nitrogens is 2. The zero-order chi connectivity index (χ0) is 18.7. The number of fused-ring (bicyclic) bond motifs is 1. The summed E-state index contributed by atoms with van der Waals surface area (Å²) >= 11 is 1.14. The maximum absolute atomic E-state index is 13.7. The first-order valence-corrected chi connectivity index (χ1v) is 9.14. The van der Waals surface area contributed by atoms with Gasteiger partial charge in [-0.25, -0.2) is 9.37 Å². The molecule has 0 radical (unpaired) electrons. The molecule has 3 aromatic rings. The van der Waals surface area contributed by atoms with Gasteiger partial charge in [0.05, 0.1) is 22.3 Å². The summed E-state index contributed by atoms with van der Waals surface area (Å²) in [6.07, 6.45) is 0. The Kier molecular flexibility index (Phi) is 5.37. The summed E-state index contributed by atoms with van der Waals surface area (Å²) in [5.74, 6) is -0.493. The van der Waals surface area contributed by atoms with Crippen LogP contribution in [-0.2, 0) is 4.79 Å². The predicted molar refractivity (Wildman–Crippen MR) is 101 cm³/mol. The molecule has 1 heterocycles. The van der Waals surface area contributed by atoms with Crippen LogP contribution in [0.1, 0.15) is 13.8 Å². The van der Waals surface area contributed by atoms with E-state index in [1.807, 2.05) is 13.8 Å². The fraction of sp³-hybridized carbons (Fsp3) is 0.211. The molecule has 0 spiro atoms. The summed E-state index contributed by atoms with van der Waals surface area (Å²) in [4.78, 5) is 29.5. The van der Waals surface area contributed by atoms with E-state index < -0.39 is 5.82 Å². The Balaban J connectivity index is 2.09. The van der Waals surface area contributed by atoms with Crippen LogP contribution in [0.4, 0.5) is 4.39 Å². The minimum atomic E-state index is -0.448. The van der Waals surface area contributed by atoms with Crippen molar-refractivity contribution in [2.24, 2.45) is 0 Å². The maximum atomic E-state index is 13.7. The molecular formula is C19H18FN3O2S. The summed E-state index contributed by atoms with van der Waals surface area (Å²) in [5, 5.41) is 3.58. The number of nitrogens with one attached hydrogen (secondary N) is 1. The molecule has 134 valence electrons. The van der Waals surface area contributed by atoms with Crippen LogP contribution >= 0.6 is 11.8 Å². The number of carbonyl (C=O) groups excluding carboxylic acids is 1. The third kappa shape index (κ3) is 3.94. The van der Waals surface area contributed by atoms with E-state index in [1.165, 1.54) is 22.8 Å². The molecule has 0 aliphatic rings. The van der Waals surface area contributed by atoms with Crippen molar-refractivity contribution >= 4 is 28.6 Å². The Morgan fingerprint density at radius 3 is 2.73 bits per heavy atom. The summed E-state index contributed by atoms with van der Waals surface area (Å²) in [6.45, 7) is 3.75. The number of amides is 1. The van der Waals surface area contributed by atoms with E-state index in [2.05, 4.69) is 10.3 Å². The van der Waals surface area contributed by atoms with Crippen molar-refractivity contribution in [3.8, 4) is 5.69 Å². The number of halogens is 1. The number of hydrogen-bond donors (Lipinski definition) is 1. The van der Waals surface area contributed by atoms with Crippen molar-refractivity contribution < 1.29 is 9.18 Å². The summed E-state index contributed by atoms with van der Waals surface area (Å²) in [6, 6.07) is 12.8. The average molecular weight is 371 g/mol. The molecule has 0 bridgehead atoms. The smallest absolute Gasteiger partial charge is 0.266 e. The van der Waals surface area contributed by atoms with Crippen LogP contribution in [0, 0.1) is 5.82 Å². The van der Waals surface area contributed by atoms with Crippen molar-refractivity contribution in [3.63, 3.8) is 0 Å². The Hall–Kier alpha value is -2.67. The van der Waals surface area contributed by atoms with Crippen LogP contribution in [0.15, 0.2) is 58.5 Å². The lowest BCUT2D eigenvalue weighted by atomic mass is 10.2. The lowest BCUT2D eigenvalue weighted by molar-refractivity contribution is -0.119. The van der Waals surface area contributed by atoms with Gasteiger partial charge >= 0.3 is 0 Å². The third-order valence-electron chi connectivity index (χ3n) is 3.59. The topological polar surface area (TPSA) is 64.0 Å². The second-order valence-electron chi connectivity index (χ2n) is 6.04. The number of para-hydroxylation sites is 1. The molecule has 0 saturated heterocycles. The highest BCUT2D eigenvalue weighted by Crippen LogP contribution is 2.21. The summed E-state index contributed by atoms with van der Waals surface area (Å²) < 4.78 is 15.0. The Labute approximate surface area is 154 Å². The third-order valence-corrected chi connectivity index (χ3v) is 4.53. The maximum Gasteiger partial charge on any atom is 0.266 e. The van der Waals surface area contributed by atoms with Crippen LogP contribution in [0.5, 0.6) is 0 Å². The molecule has 7 heteroatoms. The lowest BCUT2D eigenvalue weighted by Crippen LogP contribution is -2.32. The first-order valence-electron chi connectivity index (χ1n) is 8.15. The number of hydrogen-bond acceptors (Lipinski definition) is 4. The molecule has 5 nitrogen and oxygen atoms in total. The number of thioether (sulfide) groups is 1. The van der Waals surface area contributed by atoms with Crippen molar-refractivity contribution in [2.45, 2.75) is 25.0 Å². The van der Waals surface area contributed by atoms with Gasteiger partial charge in [-0.1, -0.05) is 30.0 Å². The van der Waals surface area contributed by atoms with Gasteiger partial charge in [-0.15, -0.1) is 0 Å². The van der Waals surface area contributed by atoms with E-state index in [0.717, 1.165) is 11.8 Å². The molecule has 1 aromatic heterocycles. The van der Waals surface area contributed by atoms with E-state index in [9.17, 15) is 14.0 Å². The fourth-order valence-electron chi connectivity index (χ4n) is 2.55. The van der Waals surface area contributed by atoms with Gasteiger partial charge in [0.25, 0.3) is 5.56 Å². The van der Waals surface area contributed by atoms with Crippen LogP contribution in [0.2, 0.25) is 0 Å². The molecule has 0 aliphatic carbocycles. The molecule has 0 unspecified atom stereocenters. The van der Waals surface area contributed by atoms with Crippen LogP contribution in [0.3, 0.4) is 0 Å². The fourth-order valence-corrected chi connectivity index (χ4v) is 3.37. The van der Waals surface area contributed by atoms with Gasteiger partial charge in [0.2, 0.25) is 5.91 Å². The average Bonchev–Trinajstić information content (AvgIpc) is 2.59. The number of benzene rings is 2. The van der Waals surface area contributed by atoms with Gasteiger partial charge in [0, 0.05) is 6.04 Å². The number of rotatable bonds is 5. The highest BCUT2D eigenvalue weighted by Gasteiger charge is 2.15. The van der Waals surface area contributed by atoms with Crippen molar-refractivity contribution in [3.05, 3.63) is 64.7 Å². The molecule has 26 heavy (non-hydrogen) atoms. The highest BCUT2D eigenvalue weighted by molar-refractivity contribution is 7.99. The van der Waals surface area contributed by atoms with Crippen molar-refractivity contribution in [1.29, 1.82) is 0 Å². The van der Waals surface area contributed by atoms with Crippen molar-refractivity contribution in [2.75, 3.05) is 5.75 Å². The number of carbonyl (C=O) groups is 1. The van der Waals surface area contributed by atoms with Gasteiger partial charge in [-0.3, -0.25) is 14.2 Å². The SMILES string of the molecule is CC(C)NC(=O)CSc1nc2ccccc2c(=O)n1-c1cccc(F)c1. The highest BCUT2D eigenvalue weighted by atomic mass is 32.2. The Bertz CT molecular complexity index is 1020. The largest absolute Gasteiger partial charge is 0.353 e. The molecule has 0 saturated carbocycles. The standard InChI is InChI=1S/C19H18FN3O2S/c1-12(2)21-17(24)11-26-19-22-16-9-4-3-8-15(16)18(25)23(19)14-7-5-6-13(20)10-14/h3-10,12H,11H2,1-2H3,(H,21,24). The minimum absolute atomic E-state index is 0.0260. The van der Waals surface area contributed by atoms with E-state index in [1.54, 1.807) is 30.3 Å². The summed E-state index contributed by atoms with van der Waals surface area (Å²) in [7, 11) is 0. The first kappa shape index (κ1) is 18.1. The summed E-state index contributed by atoms with van der Waals surface area (Å²) in [5.41, 5.74) is 0.616. The number of nitrogens with zero attached hydrogens (tertiary/aromatic N) is 2. The van der Waals surface area contributed by atoms with Crippen LogP contribution < -0.4 is 10.9 Å². The van der Waals surface area contributed by atoms with Crippen LogP contribution in [0.25, 0.3) is 16.6 Å². The second kappa shape index (κ2) is 7.70. The van der Waals surface area contributed by atoms with Crippen molar-refractivity contribution in [1.82, 2.24) is 14.9 Å². The molecule has 0 fully saturated rings. The monoisotopic (exact) mass is 371 g/mol.